The highest BCUT2D eigenvalue weighted by molar-refractivity contribution is 6.77. The first-order valence-corrected chi connectivity index (χ1v) is 15.4. The summed E-state index contributed by atoms with van der Waals surface area (Å²) in [6, 6.07) is 5.28. The molecular weight excluding hydrogens is 436 g/mol. The van der Waals surface area contributed by atoms with Crippen molar-refractivity contribution in [2.45, 2.75) is 76.3 Å². The standard InChI is InChI=1S/C24H40N4Si2.ClH/c1-17(30(6,7)8)21-13-20(14-22(23(21)25)24(3,4)18(2)29)27-10-9-19(15-27)28-12-11-26(5)16-28;/h11-14,16-19H,9-10,15,25H2,1-8H3;1H/q+1;/p-1. The van der Waals surface area contributed by atoms with Gasteiger partial charge in [-0.05, 0) is 39.8 Å². The minimum absolute atomic E-state index is 0. The number of rotatable bonds is 6. The molecule has 2 N–H and O–H groups in total. The van der Waals surface area contributed by atoms with Crippen molar-refractivity contribution in [1.82, 2.24) is 4.57 Å². The summed E-state index contributed by atoms with van der Waals surface area (Å²) >= 11 is 0. The third-order valence-corrected chi connectivity index (χ3v) is 11.1. The highest BCUT2D eigenvalue weighted by Gasteiger charge is 2.34. The van der Waals surface area contributed by atoms with Gasteiger partial charge in [-0.15, -0.1) is 0 Å². The number of aromatic nitrogens is 2. The van der Waals surface area contributed by atoms with Crippen LogP contribution in [0.25, 0.3) is 0 Å². The second kappa shape index (κ2) is 9.32. The smallest absolute Gasteiger partial charge is 0.243 e. The molecule has 7 heteroatoms. The lowest BCUT2D eigenvalue weighted by Crippen LogP contribution is -3.00. The summed E-state index contributed by atoms with van der Waals surface area (Å²) in [5.41, 5.74) is 12.6. The summed E-state index contributed by atoms with van der Waals surface area (Å²) < 4.78 is 4.48. The van der Waals surface area contributed by atoms with Gasteiger partial charge in [0.1, 0.15) is 18.4 Å². The van der Waals surface area contributed by atoms with E-state index in [4.69, 9.17) is 5.73 Å². The summed E-state index contributed by atoms with van der Waals surface area (Å²) in [4.78, 5) is 2.56. The van der Waals surface area contributed by atoms with Gasteiger partial charge in [-0.2, -0.15) is 0 Å². The van der Waals surface area contributed by atoms with Gasteiger partial charge in [0.25, 0.3) is 0 Å². The Labute approximate surface area is 200 Å². The molecule has 4 nitrogen and oxygen atoms in total. The van der Waals surface area contributed by atoms with E-state index in [1.54, 1.807) is 0 Å². The molecule has 3 radical (unpaired) electrons. The van der Waals surface area contributed by atoms with Crippen LogP contribution >= 0.6 is 0 Å². The van der Waals surface area contributed by atoms with Crippen molar-refractivity contribution in [3.63, 3.8) is 0 Å². The molecule has 0 spiro atoms. The van der Waals surface area contributed by atoms with E-state index in [2.05, 4.69) is 110 Å². The topological polar surface area (TPSA) is 38.1 Å². The van der Waals surface area contributed by atoms with Crippen LogP contribution in [0.1, 0.15) is 56.8 Å². The van der Waals surface area contributed by atoms with Crippen LogP contribution in [0.5, 0.6) is 0 Å². The Bertz CT molecular complexity index is 901. The molecule has 0 amide bonds. The quantitative estimate of drug-likeness (QED) is 0.391. The Balaban J connectivity index is 0.00000341. The van der Waals surface area contributed by atoms with Gasteiger partial charge in [-0.25, -0.2) is 9.13 Å². The third-order valence-electron chi connectivity index (χ3n) is 7.48. The molecule has 1 aliphatic heterocycles. The van der Waals surface area contributed by atoms with Gasteiger partial charge in [-0.3, -0.25) is 0 Å². The van der Waals surface area contributed by atoms with Crippen LogP contribution in [0, 0.1) is 0 Å². The Morgan fingerprint density at radius 3 is 2.39 bits per heavy atom. The molecule has 1 aromatic heterocycles. The lowest BCUT2D eigenvalue weighted by Gasteiger charge is -2.36. The molecule has 3 rings (SSSR count). The number of nitrogen functional groups attached to an aromatic ring is 1. The second-order valence-electron chi connectivity index (χ2n) is 10.9. The normalized spacial score (nSPS) is 19.3. The van der Waals surface area contributed by atoms with Gasteiger partial charge in [-0.1, -0.05) is 47.3 Å². The van der Waals surface area contributed by atoms with E-state index in [1.165, 1.54) is 23.2 Å². The summed E-state index contributed by atoms with van der Waals surface area (Å²) in [5, 5.41) is 0. The fourth-order valence-corrected chi connectivity index (χ4v) is 5.67. The molecule has 31 heavy (non-hydrogen) atoms. The van der Waals surface area contributed by atoms with Crippen LogP contribution in [0.15, 0.2) is 30.9 Å². The monoisotopic (exact) mass is 475 g/mol. The SMILES string of the molecule is CC([Si])C(C)(C)c1cc(N2CCC(n3cc[n+](C)c3)C2)cc(C(C)[Si](C)(C)C)c1N.[Cl-]. The van der Waals surface area contributed by atoms with E-state index in [0.29, 0.717) is 17.1 Å². The maximum atomic E-state index is 6.87. The lowest BCUT2D eigenvalue weighted by molar-refractivity contribution is -0.671. The summed E-state index contributed by atoms with van der Waals surface area (Å²) in [5.74, 6) is 0. The zero-order chi connectivity index (χ0) is 22.4. The maximum Gasteiger partial charge on any atom is 0.243 e. The van der Waals surface area contributed by atoms with Crippen molar-refractivity contribution in [2.24, 2.45) is 7.05 Å². The Morgan fingerprint density at radius 2 is 1.87 bits per heavy atom. The van der Waals surface area contributed by atoms with Crippen LogP contribution in [0.2, 0.25) is 25.2 Å². The van der Waals surface area contributed by atoms with E-state index in [0.717, 1.165) is 18.8 Å². The molecule has 1 fully saturated rings. The lowest BCUT2D eigenvalue weighted by atomic mass is 9.79. The average Bonchev–Trinajstić information content (AvgIpc) is 3.29. The summed E-state index contributed by atoms with van der Waals surface area (Å²) in [6.45, 7) is 18.7. The van der Waals surface area contributed by atoms with Crippen molar-refractivity contribution < 1.29 is 17.0 Å². The number of nitrogens with zero attached hydrogens (tertiary/aromatic N) is 3. The molecule has 0 saturated carbocycles. The molecule has 3 atom stereocenters. The Kier molecular flexibility index (Phi) is 7.82. The number of hydrogen-bond acceptors (Lipinski definition) is 2. The summed E-state index contributed by atoms with van der Waals surface area (Å²) in [7, 11) is 4.61. The Morgan fingerprint density at radius 1 is 1.23 bits per heavy atom. The van der Waals surface area contributed by atoms with Gasteiger partial charge >= 0.3 is 0 Å². The first-order chi connectivity index (χ1) is 13.8. The first-order valence-electron chi connectivity index (χ1n) is 11.2. The number of halogens is 1. The fraction of sp³-hybridized carbons (Fsp3) is 0.625. The van der Waals surface area contributed by atoms with Crippen molar-refractivity contribution in [3.05, 3.63) is 42.0 Å². The zero-order valence-corrected chi connectivity index (χ0v) is 23.3. The Hall–Kier alpha value is -1.25. The minimum atomic E-state index is -1.39. The van der Waals surface area contributed by atoms with Crippen molar-refractivity contribution in [1.29, 1.82) is 0 Å². The van der Waals surface area contributed by atoms with Gasteiger partial charge in [0.05, 0.1) is 21.7 Å². The summed E-state index contributed by atoms with van der Waals surface area (Å²) in [6.07, 6.45) is 7.68. The largest absolute Gasteiger partial charge is 1.00 e. The minimum Gasteiger partial charge on any atom is -1.00 e. The molecule has 171 valence electrons. The number of anilines is 2. The highest BCUT2D eigenvalue weighted by atomic mass is 35.5. The zero-order valence-electron chi connectivity index (χ0n) is 20.5. The van der Waals surface area contributed by atoms with Crippen LogP contribution in [0.3, 0.4) is 0 Å². The number of benzene rings is 1. The van der Waals surface area contributed by atoms with Crippen LogP contribution in [-0.4, -0.2) is 36.0 Å². The van der Waals surface area contributed by atoms with Crippen molar-refractivity contribution >= 4 is 29.7 Å². The van der Waals surface area contributed by atoms with Crippen LogP contribution in [-0.2, 0) is 12.5 Å². The van der Waals surface area contributed by atoms with Crippen LogP contribution in [0.4, 0.5) is 11.4 Å². The van der Waals surface area contributed by atoms with Crippen molar-refractivity contribution in [2.75, 3.05) is 23.7 Å². The molecule has 3 unspecified atom stereocenters. The van der Waals surface area contributed by atoms with E-state index in [9.17, 15) is 0 Å². The molecule has 0 bridgehead atoms. The second-order valence-corrected chi connectivity index (χ2v) is 17.4. The molecule has 2 heterocycles. The predicted molar refractivity (Wildman–Crippen MR) is 132 cm³/mol. The maximum absolute atomic E-state index is 6.87. The first kappa shape index (κ1) is 26.0. The highest BCUT2D eigenvalue weighted by Crippen LogP contribution is 2.44. The van der Waals surface area contributed by atoms with Gasteiger partial charge in [0, 0.05) is 34.6 Å². The molecular formula is C24H40ClN4Si2. The number of aryl methyl sites for hydroxylation is 1. The van der Waals surface area contributed by atoms with E-state index < -0.39 is 8.07 Å². The van der Waals surface area contributed by atoms with E-state index in [-0.39, 0.29) is 17.8 Å². The number of imidazole rings is 1. The number of hydrogen-bond donors (Lipinski definition) is 1. The molecule has 0 aliphatic carbocycles. The van der Waals surface area contributed by atoms with Crippen molar-refractivity contribution in [3.8, 4) is 0 Å². The van der Waals surface area contributed by atoms with Gasteiger partial charge in [0.15, 0.2) is 0 Å². The fourth-order valence-electron chi connectivity index (χ4n) is 4.34. The predicted octanol–water partition coefficient (Wildman–Crippen LogP) is 1.59. The number of nitrogens with two attached hydrogens (primary N) is 1. The van der Waals surface area contributed by atoms with E-state index >= 15 is 0 Å². The van der Waals surface area contributed by atoms with Gasteiger partial charge in [0.2, 0.25) is 6.33 Å². The average molecular weight is 476 g/mol. The molecule has 2 aromatic rings. The van der Waals surface area contributed by atoms with E-state index in [1.807, 2.05) is 0 Å². The molecule has 1 aliphatic rings. The van der Waals surface area contributed by atoms with Gasteiger partial charge < -0.3 is 23.0 Å². The van der Waals surface area contributed by atoms with Crippen LogP contribution < -0.4 is 27.6 Å². The molecule has 1 saturated heterocycles. The third kappa shape index (κ3) is 5.23. The molecule has 1 aromatic carbocycles.